The van der Waals surface area contributed by atoms with Crippen LogP contribution in [0.25, 0.3) is 0 Å². The zero-order chi connectivity index (χ0) is 15.6. The number of anilines is 1. The minimum absolute atomic E-state index is 0.128. The van der Waals surface area contributed by atoms with Gasteiger partial charge in [0.1, 0.15) is 10.0 Å². The Morgan fingerprint density at radius 2 is 2.24 bits per heavy atom. The molecule has 2 rings (SSSR count). The van der Waals surface area contributed by atoms with Gasteiger partial charge in [-0.1, -0.05) is 11.3 Å². The van der Waals surface area contributed by atoms with E-state index < -0.39 is 21.0 Å². The second-order valence-electron chi connectivity index (χ2n) is 4.10. The normalized spacial score (nSPS) is 13.0. The highest BCUT2D eigenvalue weighted by molar-refractivity contribution is 7.91. The molecular weight excluding hydrogens is 318 g/mol. The number of nitrogens with zero attached hydrogens (tertiary/aromatic N) is 2. The number of sulfonamides is 1. The van der Waals surface area contributed by atoms with Crippen LogP contribution in [0.3, 0.4) is 0 Å². The molecule has 0 aliphatic heterocycles. The van der Waals surface area contributed by atoms with Crippen molar-refractivity contribution in [3.63, 3.8) is 0 Å². The fourth-order valence-corrected chi connectivity index (χ4v) is 4.17. The smallest absolute Gasteiger partial charge is 0.304 e. The van der Waals surface area contributed by atoms with Gasteiger partial charge in [-0.3, -0.25) is 10.1 Å². The van der Waals surface area contributed by atoms with Gasteiger partial charge in [0.2, 0.25) is 0 Å². The van der Waals surface area contributed by atoms with Crippen molar-refractivity contribution >= 4 is 32.0 Å². The number of hydrogen-bond acceptors (Lipinski definition) is 7. The van der Waals surface area contributed by atoms with E-state index in [0.29, 0.717) is 5.82 Å². The van der Waals surface area contributed by atoms with Gasteiger partial charge in [0.05, 0.1) is 11.0 Å². The Morgan fingerprint density at radius 1 is 1.52 bits per heavy atom. The Balaban J connectivity index is 2.29. The summed E-state index contributed by atoms with van der Waals surface area (Å²) in [5.41, 5.74) is -0.270. The molecule has 0 saturated carbocycles. The highest BCUT2D eigenvalue weighted by Crippen LogP contribution is 2.36. The van der Waals surface area contributed by atoms with Gasteiger partial charge in [-0.05, 0) is 6.92 Å². The zero-order valence-electron chi connectivity index (χ0n) is 11.2. The molecule has 2 aromatic heterocycles. The largest absolute Gasteiger partial charge is 0.374 e. The summed E-state index contributed by atoms with van der Waals surface area (Å²) >= 11 is 0.800. The third-order valence-electron chi connectivity index (χ3n) is 2.64. The number of H-pyrrole nitrogens is 1. The molecule has 1 unspecified atom stereocenters. The molecule has 0 aromatic carbocycles. The molecule has 11 heteroatoms. The van der Waals surface area contributed by atoms with Crippen LogP contribution in [0, 0.1) is 10.1 Å². The molecule has 0 amide bonds. The number of nitrogens with one attached hydrogen (secondary N) is 3. The van der Waals surface area contributed by atoms with Crippen LogP contribution in [0.2, 0.25) is 0 Å². The lowest BCUT2D eigenvalue weighted by Gasteiger charge is -2.10. The van der Waals surface area contributed by atoms with Crippen LogP contribution in [0.4, 0.5) is 10.7 Å². The maximum Gasteiger partial charge on any atom is 0.304 e. The average molecular weight is 331 g/mol. The zero-order valence-corrected chi connectivity index (χ0v) is 12.8. The molecular formula is C10H13N5O4S2. The van der Waals surface area contributed by atoms with Gasteiger partial charge in [-0.25, -0.2) is 18.1 Å². The van der Waals surface area contributed by atoms with Gasteiger partial charge in [-0.2, -0.15) is 0 Å². The van der Waals surface area contributed by atoms with Crippen LogP contribution in [-0.4, -0.2) is 30.4 Å². The van der Waals surface area contributed by atoms with Crippen LogP contribution >= 0.6 is 11.3 Å². The molecule has 0 saturated heterocycles. The predicted molar refractivity (Wildman–Crippen MR) is 77.8 cm³/mol. The van der Waals surface area contributed by atoms with E-state index in [1.165, 1.54) is 13.2 Å². The summed E-state index contributed by atoms with van der Waals surface area (Å²) in [6.07, 6.45) is 3.09. The Hall–Kier alpha value is -1.98. The van der Waals surface area contributed by atoms with Crippen molar-refractivity contribution in [2.45, 2.75) is 17.2 Å². The summed E-state index contributed by atoms with van der Waals surface area (Å²) in [5, 5.41) is 13.7. The third-order valence-corrected chi connectivity index (χ3v) is 5.80. The number of aromatic amines is 1. The number of imidazole rings is 1. The van der Waals surface area contributed by atoms with E-state index in [0.717, 1.165) is 17.4 Å². The molecule has 21 heavy (non-hydrogen) atoms. The molecule has 9 nitrogen and oxygen atoms in total. The SMILES string of the molecule is CNc1sc(S(=O)(=O)NC(C)c2ncc[nH]2)cc1[N+](=O)[O-]. The first kappa shape index (κ1) is 15.4. The number of nitro groups is 1. The summed E-state index contributed by atoms with van der Waals surface area (Å²) in [5.74, 6) is 0.457. The number of aromatic nitrogens is 2. The number of rotatable bonds is 6. The van der Waals surface area contributed by atoms with Crippen LogP contribution in [-0.2, 0) is 10.0 Å². The van der Waals surface area contributed by atoms with Gasteiger partial charge in [0.25, 0.3) is 10.0 Å². The van der Waals surface area contributed by atoms with E-state index in [9.17, 15) is 18.5 Å². The van der Waals surface area contributed by atoms with Crippen molar-refractivity contribution in [2.24, 2.45) is 0 Å². The Kier molecular flexibility index (Phi) is 4.25. The van der Waals surface area contributed by atoms with E-state index in [1.807, 2.05) is 0 Å². The van der Waals surface area contributed by atoms with E-state index in [2.05, 4.69) is 20.0 Å². The van der Waals surface area contributed by atoms with Crippen LogP contribution < -0.4 is 10.0 Å². The molecule has 2 aromatic rings. The van der Waals surface area contributed by atoms with E-state index >= 15 is 0 Å². The molecule has 0 aliphatic carbocycles. The fourth-order valence-electron chi connectivity index (χ4n) is 1.67. The Labute approximate surface area is 124 Å². The van der Waals surface area contributed by atoms with E-state index in [-0.39, 0.29) is 14.9 Å². The van der Waals surface area contributed by atoms with Gasteiger partial charge < -0.3 is 10.3 Å². The Morgan fingerprint density at radius 3 is 2.71 bits per heavy atom. The van der Waals surface area contributed by atoms with Gasteiger partial charge in [0, 0.05) is 25.5 Å². The molecule has 2 heterocycles. The van der Waals surface area contributed by atoms with Gasteiger partial charge in [0.15, 0.2) is 5.00 Å². The van der Waals surface area contributed by atoms with Gasteiger partial charge >= 0.3 is 5.69 Å². The maximum atomic E-state index is 12.2. The topological polar surface area (TPSA) is 130 Å². The molecule has 114 valence electrons. The van der Waals surface area contributed by atoms with Crippen LogP contribution in [0.15, 0.2) is 22.7 Å². The van der Waals surface area contributed by atoms with Crippen molar-refractivity contribution in [1.82, 2.24) is 14.7 Å². The summed E-state index contributed by atoms with van der Waals surface area (Å²) in [6.45, 7) is 1.62. The molecule has 0 fully saturated rings. The summed E-state index contributed by atoms with van der Waals surface area (Å²) in [4.78, 5) is 17.0. The fraction of sp³-hybridized carbons (Fsp3) is 0.300. The first-order valence-electron chi connectivity index (χ1n) is 5.82. The number of thiophene rings is 1. The second kappa shape index (κ2) is 5.79. The molecule has 0 spiro atoms. The highest BCUT2D eigenvalue weighted by Gasteiger charge is 2.27. The molecule has 3 N–H and O–H groups in total. The minimum atomic E-state index is -3.87. The molecule has 0 radical (unpaired) electrons. The number of hydrogen-bond donors (Lipinski definition) is 3. The van der Waals surface area contributed by atoms with E-state index in [1.54, 1.807) is 13.1 Å². The molecule has 0 aliphatic rings. The van der Waals surface area contributed by atoms with Gasteiger partial charge in [-0.15, -0.1) is 0 Å². The van der Waals surface area contributed by atoms with Crippen LogP contribution in [0.1, 0.15) is 18.8 Å². The third kappa shape index (κ3) is 3.20. The Bertz CT molecular complexity index is 738. The second-order valence-corrected chi connectivity index (χ2v) is 7.10. The molecule has 0 bridgehead atoms. The first-order valence-corrected chi connectivity index (χ1v) is 8.12. The van der Waals surface area contributed by atoms with Crippen molar-refractivity contribution in [1.29, 1.82) is 0 Å². The standard InChI is InChI=1S/C10H13N5O4S2/c1-6(9-12-3-4-13-9)14-21(18,19)8-5-7(15(16)17)10(11-2)20-8/h3-6,11,14H,1-2H3,(H,12,13). The average Bonchev–Trinajstić information content (AvgIpc) is 3.07. The van der Waals surface area contributed by atoms with Crippen molar-refractivity contribution in [3.8, 4) is 0 Å². The van der Waals surface area contributed by atoms with Crippen molar-refractivity contribution < 1.29 is 13.3 Å². The summed E-state index contributed by atoms with van der Waals surface area (Å²) in [6, 6.07) is 0.456. The van der Waals surface area contributed by atoms with E-state index in [4.69, 9.17) is 0 Å². The lowest BCUT2D eigenvalue weighted by atomic mass is 10.3. The highest BCUT2D eigenvalue weighted by atomic mass is 32.2. The quantitative estimate of drug-likeness (QED) is 0.542. The predicted octanol–water partition coefficient (Wildman–Crippen LogP) is 1.46. The van der Waals surface area contributed by atoms with Crippen molar-refractivity contribution in [2.75, 3.05) is 12.4 Å². The lowest BCUT2D eigenvalue weighted by Crippen LogP contribution is -2.26. The molecule has 1 atom stereocenters. The monoisotopic (exact) mass is 331 g/mol. The minimum Gasteiger partial charge on any atom is -0.374 e. The van der Waals surface area contributed by atoms with Crippen LogP contribution in [0.5, 0.6) is 0 Å². The first-order chi connectivity index (χ1) is 9.85. The van der Waals surface area contributed by atoms with Crippen molar-refractivity contribution in [3.05, 3.63) is 34.4 Å². The summed E-state index contributed by atoms with van der Waals surface area (Å²) < 4.78 is 26.8. The lowest BCUT2D eigenvalue weighted by molar-refractivity contribution is -0.383. The summed E-state index contributed by atoms with van der Waals surface area (Å²) in [7, 11) is -2.37. The maximum absolute atomic E-state index is 12.2.